The largest absolute Gasteiger partial charge is 0.502 e. The highest BCUT2D eigenvalue weighted by molar-refractivity contribution is 5.53. The molecule has 0 unspecified atom stereocenters. The van der Waals surface area contributed by atoms with Crippen molar-refractivity contribution < 1.29 is 14.8 Å². The SMILES string of the molecule is Cc1cc([N+](=O)[O-])c(O)cc1OC(C)C. The van der Waals surface area contributed by atoms with E-state index in [2.05, 4.69) is 0 Å². The molecule has 0 aliphatic carbocycles. The summed E-state index contributed by atoms with van der Waals surface area (Å²) in [5.41, 5.74) is 0.330. The first-order valence-electron chi connectivity index (χ1n) is 4.56. The summed E-state index contributed by atoms with van der Waals surface area (Å²) >= 11 is 0. The van der Waals surface area contributed by atoms with Crippen molar-refractivity contribution in [1.29, 1.82) is 0 Å². The summed E-state index contributed by atoms with van der Waals surface area (Å²) in [5.74, 6) is 0.0920. The van der Waals surface area contributed by atoms with Crippen LogP contribution in [-0.2, 0) is 0 Å². The molecule has 1 aromatic carbocycles. The maximum Gasteiger partial charge on any atom is 0.311 e. The van der Waals surface area contributed by atoms with Crippen molar-refractivity contribution in [3.05, 3.63) is 27.8 Å². The van der Waals surface area contributed by atoms with Gasteiger partial charge in [-0.2, -0.15) is 0 Å². The highest BCUT2D eigenvalue weighted by Crippen LogP contribution is 2.33. The van der Waals surface area contributed by atoms with Crippen molar-refractivity contribution in [1.82, 2.24) is 0 Å². The van der Waals surface area contributed by atoms with Crippen molar-refractivity contribution in [3.63, 3.8) is 0 Å². The molecule has 0 aromatic heterocycles. The number of nitrogens with zero attached hydrogens (tertiary/aromatic N) is 1. The number of ether oxygens (including phenoxy) is 1. The van der Waals surface area contributed by atoms with Gasteiger partial charge in [0.05, 0.1) is 11.0 Å². The quantitative estimate of drug-likeness (QED) is 0.615. The van der Waals surface area contributed by atoms with Gasteiger partial charge in [-0.3, -0.25) is 10.1 Å². The molecule has 0 aliphatic heterocycles. The topological polar surface area (TPSA) is 72.6 Å². The second-order valence-electron chi connectivity index (χ2n) is 3.53. The summed E-state index contributed by atoms with van der Waals surface area (Å²) in [5, 5.41) is 19.9. The summed E-state index contributed by atoms with van der Waals surface area (Å²) in [6.07, 6.45) is -0.0374. The summed E-state index contributed by atoms with van der Waals surface area (Å²) in [6.45, 7) is 5.39. The van der Waals surface area contributed by atoms with Crippen LogP contribution in [0.1, 0.15) is 19.4 Å². The van der Waals surface area contributed by atoms with E-state index in [1.807, 2.05) is 13.8 Å². The third-order valence-electron chi connectivity index (χ3n) is 1.83. The van der Waals surface area contributed by atoms with Crippen LogP contribution < -0.4 is 4.74 Å². The van der Waals surface area contributed by atoms with E-state index in [9.17, 15) is 15.2 Å². The van der Waals surface area contributed by atoms with E-state index in [1.165, 1.54) is 12.1 Å². The smallest absolute Gasteiger partial charge is 0.311 e. The van der Waals surface area contributed by atoms with E-state index in [-0.39, 0.29) is 17.5 Å². The Hall–Kier alpha value is -1.78. The number of rotatable bonds is 3. The second-order valence-corrected chi connectivity index (χ2v) is 3.53. The average Bonchev–Trinajstić information content (AvgIpc) is 2.09. The van der Waals surface area contributed by atoms with Crippen molar-refractivity contribution >= 4 is 5.69 Å². The minimum absolute atomic E-state index is 0.0374. The van der Waals surface area contributed by atoms with Crippen molar-refractivity contribution in [2.24, 2.45) is 0 Å². The van der Waals surface area contributed by atoms with Gasteiger partial charge in [0.15, 0.2) is 5.75 Å². The number of aryl methyl sites for hydroxylation is 1. The van der Waals surface area contributed by atoms with Crippen LogP contribution in [0, 0.1) is 17.0 Å². The maximum absolute atomic E-state index is 10.5. The number of nitro groups is 1. The number of phenolic OH excluding ortho intramolecular Hbond substituents is 1. The maximum atomic E-state index is 10.5. The van der Waals surface area contributed by atoms with Crippen LogP contribution in [0.4, 0.5) is 5.69 Å². The molecule has 0 fully saturated rings. The van der Waals surface area contributed by atoms with Gasteiger partial charge >= 0.3 is 5.69 Å². The Labute approximate surface area is 87.5 Å². The summed E-state index contributed by atoms with van der Waals surface area (Å²) in [4.78, 5) is 9.89. The summed E-state index contributed by atoms with van der Waals surface area (Å²) in [6, 6.07) is 2.57. The van der Waals surface area contributed by atoms with Gasteiger partial charge in [-0.05, 0) is 26.3 Å². The van der Waals surface area contributed by atoms with Crippen LogP contribution in [0.5, 0.6) is 11.5 Å². The first-order chi connectivity index (χ1) is 6.91. The van der Waals surface area contributed by atoms with Crippen LogP contribution >= 0.6 is 0 Å². The van der Waals surface area contributed by atoms with Gasteiger partial charge in [-0.1, -0.05) is 0 Å². The lowest BCUT2D eigenvalue weighted by Crippen LogP contribution is -2.06. The molecule has 0 amide bonds. The zero-order valence-electron chi connectivity index (χ0n) is 8.85. The van der Waals surface area contributed by atoms with Crippen LogP contribution in [0.15, 0.2) is 12.1 Å². The number of hydrogen-bond donors (Lipinski definition) is 1. The fourth-order valence-electron chi connectivity index (χ4n) is 1.19. The first-order valence-corrected chi connectivity index (χ1v) is 4.56. The van der Waals surface area contributed by atoms with Gasteiger partial charge in [0.25, 0.3) is 0 Å². The fourth-order valence-corrected chi connectivity index (χ4v) is 1.19. The number of hydrogen-bond acceptors (Lipinski definition) is 4. The monoisotopic (exact) mass is 211 g/mol. The van der Waals surface area contributed by atoms with Crippen molar-refractivity contribution in [2.45, 2.75) is 26.9 Å². The van der Waals surface area contributed by atoms with Gasteiger partial charge in [-0.15, -0.1) is 0 Å². The zero-order valence-corrected chi connectivity index (χ0v) is 8.85. The zero-order chi connectivity index (χ0) is 11.6. The minimum Gasteiger partial charge on any atom is -0.502 e. The number of aromatic hydroxyl groups is 1. The minimum atomic E-state index is -0.624. The lowest BCUT2D eigenvalue weighted by atomic mass is 10.2. The van der Waals surface area contributed by atoms with Crippen LogP contribution in [-0.4, -0.2) is 16.1 Å². The number of benzene rings is 1. The fraction of sp³-hybridized carbons (Fsp3) is 0.400. The van der Waals surface area contributed by atoms with E-state index in [1.54, 1.807) is 6.92 Å². The predicted octanol–water partition coefficient (Wildman–Crippen LogP) is 2.40. The van der Waals surface area contributed by atoms with Gasteiger partial charge in [0, 0.05) is 12.1 Å². The molecule has 1 N–H and O–H groups in total. The molecule has 0 aliphatic rings. The molecule has 1 rings (SSSR count). The lowest BCUT2D eigenvalue weighted by Gasteiger charge is -2.12. The lowest BCUT2D eigenvalue weighted by molar-refractivity contribution is -0.385. The molecule has 0 radical (unpaired) electrons. The normalized spacial score (nSPS) is 10.4. The van der Waals surface area contributed by atoms with Gasteiger partial charge in [0.1, 0.15) is 5.75 Å². The molecule has 0 saturated carbocycles. The number of nitro benzene ring substituents is 1. The Bertz CT molecular complexity index is 387. The van der Waals surface area contributed by atoms with Gasteiger partial charge in [-0.25, -0.2) is 0 Å². The molecular weight excluding hydrogens is 198 g/mol. The summed E-state index contributed by atoms with van der Waals surface area (Å²) < 4.78 is 5.38. The third-order valence-corrected chi connectivity index (χ3v) is 1.83. The second kappa shape index (κ2) is 4.16. The summed E-state index contributed by atoms with van der Waals surface area (Å²) in [7, 11) is 0. The van der Waals surface area contributed by atoms with Gasteiger partial charge in [0.2, 0.25) is 0 Å². The Morgan fingerprint density at radius 3 is 2.53 bits per heavy atom. The van der Waals surface area contributed by atoms with Crippen LogP contribution in [0.2, 0.25) is 0 Å². The highest BCUT2D eigenvalue weighted by atomic mass is 16.6. The molecule has 5 heteroatoms. The van der Waals surface area contributed by atoms with Crippen LogP contribution in [0.25, 0.3) is 0 Å². The van der Waals surface area contributed by atoms with Crippen molar-refractivity contribution in [2.75, 3.05) is 0 Å². The Morgan fingerprint density at radius 2 is 2.07 bits per heavy atom. The molecule has 0 heterocycles. The molecular formula is C10H13NO4. The molecule has 82 valence electrons. The van der Waals surface area contributed by atoms with Crippen molar-refractivity contribution in [3.8, 4) is 11.5 Å². The van der Waals surface area contributed by atoms with E-state index < -0.39 is 4.92 Å². The molecule has 0 saturated heterocycles. The van der Waals surface area contributed by atoms with E-state index >= 15 is 0 Å². The van der Waals surface area contributed by atoms with Gasteiger partial charge < -0.3 is 9.84 Å². The highest BCUT2D eigenvalue weighted by Gasteiger charge is 2.16. The van der Waals surface area contributed by atoms with E-state index in [0.717, 1.165) is 0 Å². The standard InChI is InChI=1S/C10H13NO4/c1-6(2)15-10-5-9(12)8(11(13)14)4-7(10)3/h4-6,12H,1-3H3. The molecule has 5 nitrogen and oxygen atoms in total. The van der Waals surface area contributed by atoms with E-state index in [4.69, 9.17) is 4.74 Å². The average molecular weight is 211 g/mol. The Balaban J connectivity index is 3.13. The first kappa shape index (κ1) is 11.3. The molecule has 15 heavy (non-hydrogen) atoms. The molecule has 1 aromatic rings. The molecule has 0 atom stereocenters. The molecule has 0 spiro atoms. The van der Waals surface area contributed by atoms with Crippen LogP contribution in [0.3, 0.4) is 0 Å². The van der Waals surface area contributed by atoms with E-state index in [0.29, 0.717) is 11.3 Å². The number of phenols is 1. The Morgan fingerprint density at radius 1 is 1.47 bits per heavy atom. The molecule has 0 bridgehead atoms. The third kappa shape index (κ3) is 2.59. The Kier molecular flexibility index (Phi) is 3.14. The predicted molar refractivity (Wildman–Crippen MR) is 55.3 cm³/mol.